The minimum atomic E-state index is -0.330. The second kappa shape index (κ2) is 6.40. The lowest BCUT2D eigenvalue weighted by Gasteiger charge is -2.04. The van der Waals surface area contributed by atoms with E-state index in [4.69, 9.17) is 4.42 Å². The Hall–Kier alpha value is -3.54. The number of benzene rings is 1. The van der Waals surface area contributed by atoms with Crippen molar-refractivity contribution in [2.24, 2.45) is 0 Å². The third kappa shape index (κ3) is 3.17. The fraction of sp³-hybridized carbons (Fsp3) is 0.100. The summed E-state index contributed by atoms with van der Waals surface area (Å²) in [5.41, 5.74) is 2.66. The van der Waals surface area contributed by atoms with Crippen molar-refractivity contribution in [2.75, 3.05) is 5.32 Å². The molecule has 0 aliphatic heterocycles. The Morgan fingerprint density at radius 2 is 2.04 bits per heavy atom. The third-order valence-electron chi connectivity index (χ3n) is 4.12. The van der Waals surface area contributed by atoms with Gasteiger partial charge in [0.15, 0.2) is 5.76 Å². The molecule has 0 aliphatic carbocycles. The Kier molecular flexibility index (Phi) is 3.93. The number of amides is 1. The zero-order valence-corrected chi connectivity index (χ0v) is 14.2. The summed E-state index contributed by atoms with van der Waals surface area (Å²) in [5, 5.41) is 3.86. The lowest BCUT2D eigenvalue weighted by atomic mass is 10.2. The standard InChI is InChI=1S/C20H17N3O3/c1-13-10-14-11-15(5-7-17(14)21-13)22-20(25)18-8-6-16(26-18)12-23-9-3-2-4-19(23)24/h2-11,21H,12H2,1H3,(H,22,25). The molecule has 0 radical (unpaired) electrons. The van der Waals surface area contributed by atoms with E-state index >= 15 is 0 Å². The van der Waals surface area contributed by atoms with Gasteiger partial charge in [0.05, 0.1) is 6.54 Å². The van der Waals surface area contributed by atoms with E-state index in [0.29, 0.717) is 11.4 Å². The van der Waals surface area contributed by atoms with E-state index in [1.165, 1.54) is 10.6 Å². The number of nitrogens with zero attached hydrogens (tertiary/aromatic N) is 1. The van der Waals surface area contributed by atoms with Crippen molar-refractivity contribution < 1.29 is 9.21 Å². The van der Waals surface area contributed by atoms with Crippen LogP contribution in [0.25, 0.3) is 10.9 Å². The molecule has 0 saturated heterocycles. The van der Waals surface area contributed by atoms with Crippen LogP contribution in [0.15, 0.2) is 70.0 Å². The molecule has 6 nitrogen and oxygen atoms in total. The molecule has 26 heavy (non-hydrogen) atoms. The van der Waals surface area contributed by atoms with Crippen LogP contribution in [0.2, 0.25) is 0 Å². The summed E-state index contributed by atoms with van der Waals surface area (Å²) in [6, 6.07) is 15.9. The Labute approximate surface area is 149 Å². The van der Waals surface area contributed by atoms with Crippen LogP contribution in [0.4, 0.5) is 5.69 Å². The van der Waals surface area contributed by atoms with Crippen LogP contribution >= 0.6 is 0 Å². The molecule has 0 aliphatic rings. The lowest BCUT2D eigenvalue weighted by molar-refractivity contribution is 0.0995. The summed E-state index contributed by atoms with van der Waals surface area (Å²) in [6.07, 6.45) is 1.68. The first-order chi connectivity index (χ1) is 12.6. The topological polar surface area (TPSA) is 80.0 Å². The molecule has 3 heterocycles. The van der Waals surface area contributed by atoms with Crippen LogP contribution in [-0.2, 0) is 6.54 Å². The van der Waals surface area contributed by atoms with Crippen LogP contribution in [0.3, 0.4) is 0 Å². The molecule has 1 amide bonds. The van der Waals surface area contributed by atoms with E-state index in [0.717, 1.165) is 16.6 Å². The molecule has 0 unspecified atom stereocenters. The Morgan fingerprint density at radius 3 is 2.88 bits per heavy atom. The molecule has 4 aromatic rings. The molecule has 0 saturated carbocycles. The van der Waals surface area contributed by atoms with Crippen LogP contribution in [0.1, 0.15) is 22.0 Å². The Balaban J connectivity index is 1.50. The first kappa shape index (κ1) is 16.0. The molecule has 130 valence electrons. The number of hydrogen-bond acceptors (Lipinski definition) is 3. The van der Waals surface area contributed by atoms with Gasteiger partial charge in [-0.05, 0) is 49.4 Å². The third-order valence-corrected chi connectivity index (χ3v) is 4.12. The van der Waals surface area contributed by atoms with Crippen molar-refractivity contribution in [3.8, 4) is 0 Å². The van der Waals surface area contributed by atoms with Crippen LogP contribution < -0.4 is 10.9 Å². The van der Waals surface area contributed by atoms with Gasteiger partial charge in [0, 0.05) is 34.5 Å². The minimum Gasteiger partial charge on any atom is -0.454 e. The molecular formula is C20H17N3O3. The highest BCUT2D eigenvalue weighted by molar-refractivity contribution is 6.03. The van der Waals surface area contributed by atoms with Crippen molar-refractivity contribution in [3.63, 3.8) is 0 Å². The summed E-state index contributed by atoms with van der Waals surface area (Å²) in [5.74, 6) is 0.415. The average molecular weight is 347 g/mol. The van der Waals surface area contributed by atoms with E-state index in [-0.39, 0.29) is 23.8 Å². The number of carbonyl (C=O) groups is 1. The maximum atomic E-state index is 12.4. The first-order valence-corrected chi connectivity index (χ1v) is 8.23. The van der Waals surface area contributed by atoms with Gasteiger partial charge in [0.2, 0.25) is 0 Å². The van der Waals surface area contributed by atoms with Crippen molar-refractivity contribution in [2.45, 2.75) is 13.5 Å². The van der Waals surface area contributed by atoms with Gasteiger partial charge in [0.25, 0.3) is 11.5 Å². The predicted octanol–water partition coefficient (Wildman–Crippen LogP) is 3.53. The molecule has 0 spiro atoms. The van der Waals surface area contributed by atoms with Crippen LogP contribution in [0, 0.1) is 6.92 Å². The number of aromatic amines is 1. The number of rotatable bonds is 4. The highest BCUT2D eigenvalue weighted by atomic mass is 16.4. The summed E-state index contributed by atoms with van der Waals surface area (Å²) < 4.78 is 7.11. The highest BCUT2D eigenvalue weighted by Crippen LogP contribution is 2.20. The molecule has 6 heteroatoms. The SMILES string of the molecule is Cc1cc2cc(NC(=O)c3ccc(Cn4ccccc4=O)o3)ccc2[nH]1. The molecular weight excluding hydrogens is 330 g/mol. The predicted molar refractivity (Wildman–Crippen MR) is 99.5 cm³/mol. The lowest BCUT2D eigenvalue weighted by Crippen LogP contribution is -2.18. The molecule has 4 rings (SSSR count). The summed E-state index contributed by atoms with van der Waals surface area (Å²) in [6.45, 7) is 2.27. The van der Waals surface area contributed by atoms with E-state index in [1.54, 1.807) is 30.5 Å². The van der Waals surface area contributed by atoms with E-state index in [2.05, 4.69) is 10.3 Å². The van der Waals surface area contributed by atoms with Gasteiger partial charge in [-0.25, -0.2) is 0 Å². The summed E-state index contributed by atoms with van der Waals surface area (Å²) in [7, 11) is 0. The number of nitrogens with one attached hydrogen (secondary N) is 2. The van der Waals surface area contributed by atoms with Gasteiger partial charge in [-0.2, -0.15) is 0 Å². The Morgan fingerprint density at radius 1 is 1.15 bits per heavy atom. The van der Waals surface area contributed by atoms with Gasteiger partial charge >= 0.3 is 0 Å². The zero-order valence-electron chi connectivity index (χ0n) is 14.2. The number of furan rings is 1. The van der Waals surface area contributed by atoms with Gasteiger partial charge in [-0.3, -0.25) is 9.59 Å². The number of carbonyl (C=O) groups excluding carboxylic acids is 1. The molecule has 3 aromatic heterocycles. The number of aryl methyl sites for hydroxylation is 1. The van der Waals surface area contributed by atoms with Crippen LogP contribution in [-0.4, -0.2) is 15.5 Å². The number of fused-ring (bicyclic) bond motifs is 1. The van der Waals surface area contributed by atoms with Crippen molar-refractivity contribution in [1.29, 1.82) is 0 Å². The van der Waals surface area contributed by atoms with Crippen molar-refractivity contribution in [3.05, 3.63) is 88.4 Å². The normalized spacial score (nSPS) is 11.0. The Bertz CT molecular complexity index is 1150. The monoisotopic (exact) mass is 347 g/mol. The molecule has 2 N–H and O–H groups in total. The van der Waals surface area contributed by atoms with Crippen molar-refractivity contribution >= 4 is 22.5 Å². The van der Waals surface area contributed by atoms with E-state index in [9.17, 15) is 9.59 Å². The fourth-order valence-electron chi connectivity index (χ4n) is 2.89. The number of pyridine rings is 1. The largest absolute Gasteiger partial charge is 0.454 e. The minimum absolute atomic E-state index is 0.120. The number of anilines is 1. The second-order valence-electron chi connectivity index (χ2n) is 6.14. The second-order valence-corrected chi connectivity index (χ2v) is 6.14. The molecule has 0 bridgehead atoms. The van der Waals surface area contributed by atoms with Gasteiger partial charge in [-0.15, -0.1) is 0 Å². The van der Waals surface area contributed by atoms with E-state index in [1.807, 2.05) is 31.2 Å². The van der Waals surface area contributed by atoms with Crippen LogP contribution in [0.5, 0.6) is 0 Å². The van der Waals surface area contributed by atoms with E-state index < -0.39 is 0 Å². The smallest absolute Gasteiger partial charge is 0.291 e. The number of aromatic nitrogens is 2. The molecule has 0 atom stereocenters. The fourth-order valence-corrected chi connectivity index (χ4v) is 2.89. The first-order valence-electron chi connectivity index (χ1n) is 8.23. The van der Waals surface area contributed by atoms with Gasteiger partial charge in [-0.1, -0.05) is 6.07 Å². The zero-order chi connectivity index (χ0) is 18.1. The number of hydrogen-bond donors (Lipinski definition) is 2. The summed E-state index contributed by atoms with van der Waals surface area (Å²) in [4.78, 5) is 27.4. The van der Waals surface area contributed by atoms with Gasteiger partial charge in [0.1, 0.15) is 5.76 Å². The van der Waals surface area contributed by atoms with Gasteiger partial charge < -0.3 is 19.3 Å². The maximum absolute atomic E-state index is 12.4. The average Bonchev–Trinajstić information content (AvgIpc) is 3.22. The summed E-state index contributed by atoms with van der Waals surface area (Å²) >= 11 is 0. The molecule has 1 aromatic carbocycles. The highest BCUT2D eigenvalue weighted by Gasteiger charge is 2.12. The van der Waals surface area contributed by atoms with Crippen molar-refractivity contribution in [1.82, 2.24) is 9.55 Å². The number of H-pyrrole nitrogens is 1. The molecule has 0 fully saturated rings. The quantitative estimate of drug-likeness (QED) is 0.593. The maximum Gasteiger partial charge on any atom is 0.291 e.